The molecule has 26 heavy (non-hydrogen) atoms. The Kier molecular flexibility index (Phi) is 7.48. The average Bonchev–Trinajstić information content (AvgIpc) is 2.65. The first-order valence-corrected chi connectivity index (χ1v) is 9.24. The number of para-hydroxylation sites is 1. The van der Waals surface area contributed by atoms with Crippen LogP contribution in [0.1, 0.15) is 31.0 Å². The molecule has 0 aromatic heterocycles. The van der Waals surface area contributed by atoms with Gasteiger partial charge in [0.2, 0.25) is 5.91 Å². The highest BCUT2D eigenvalue weighted by Gasteiger charge is 2.17. The fourth-order valence-electron chi connectivity index (χ4n) is 2.68. The van der Waals surface area contributed by atoms with E-state index in [1.54, 1.807) is 14.2 Å². The topological polar surface area (TPSA) is 59.6 Å². The van der Waals surface area contributed by atoms with Gasteiger partial charge in [-0.2, -0.15) is 0 Å². The van der Waals surface area contributed by atoms with Gasteiger partial charge in [-0.1, -0.05) is 24.3 Å². The van der Waals surface area contributed by atoms with E-state index in [0.29, 0.717) is 6.54 Å². The second-order valence-corrected chi connectivity index (χ2v) is 6.89. The van der Waals surface area contributed by atoms with E-state index in [2.05, 4.69) is 26.6 Å². The molecule has 0 fully saturated rings. The molecule has 2 atom stereocenters. The van der Waals surface area contributed by atoms with Crippen LogP contribution in [0.3, 0.4) is 0 Å². The van der Waals surface area contributed by atoms with Crippen molar-refractivity contribution in [3.63, 3.8) is 0 Å². The molecule has 6 heteroatoms. The van der Waals surface area contributed by atoms with E-state index in [9.17, 15) is 4.79 Å². The molecule has 0 aliphatic carbocycles. The minimum Gasteiger partial charge on any atom is -0.496 e. The largest absolute Gasteiger partial charge is 0.496 e. The number of benzene rings is 2. The predicted octanol–water partition coefficient (Wildman–Crippen LogP) is 3.82. The molecular weight excluding hydrogens is 396 g/mol. The van der Waals surface area contributed by atoms with Gasteiger partial charge in [-0.15, -0.1) is 0 Å². The Morgan fingerprint density at radius 3 is 2.42 bits per heavy atom. The molecule has 2 aromatic carbocycles. The molecule has 2 unspecified atom stereocenters. The van der Waals surface area contributed by atoms with Crippen molar-refractivity contribution in [2.45, 2.75) is 32.5 Å². The number of carbonyl (C=O) groups is 1. The molecule has 0 spiro atoms. The number of nitrogens with one attached hydrogen (secondary N) is 2. The zero-order valence-electron chi connectivity index (χ0n) is 15.5. The van der Waals surface area contributed by atoms with Gasteiger partial charge in [0.1, 0.15) is 11.5 Å². The highest BCUT2D eigenvalue weighted by atomic mass is 79.9. The Balaban J connectivity index is 1.92. The fraction of sp³-hybridized carbons (Fsp3) is 0.350. The molecule has 140 valence electrons. The third kappa shape index (κ3) is 5.22. The molecule has 2 rings (SSSR count). The third-order valence-electron chi connectivity index (χ3n) is 4.21. The van der Waals surface area contributed by atoms with Crippen LogP contribution in [0.15, 0.2) is 46.9 Å². The molecule has 0 heterocycles. The molecule has 1 amide bonds. The number of amides is 1. The Labute approximate surface area is 163 Å². The van der Waals surface area contributed by atoms with Gasteiger partial charge in [-0.3, -0.25) is 10.1 Å². The molecule has 0 saturated heterocycles. The normalized spacial score (nSPS) is 13.0. The van der Waals surface area contributed by atoms with Crippen molar-refractivity contribution in [3.8, 4) is 11.5 Å². The highest BCUT2D eigenvalue weighted by Crippen LogP contribution is 2.28. The van der Waals surface area contributed by atoms with E-state index >= 15 is 0 Å². The molecule has 5 nitrogen and oxygen atoms in total. The monoisotopic (exact) mass is 420 g/mol. The van der Waals surface area contributed by atoms with Crippen molar-refractivity contribution in [1.29, 1.82) is 0 Å². The summed E-state index contributed by atoms with van der Waals surface area (Å²) < 4.78 is 11.4. The summed E-state index contributed by atoms with van der Waals surface area (Å²) in [5, 5.41) is 6.27. The van der Waals surface area contributed by atoms with Crippen LogP contribution in [0, 0.1) is 0 Å². The minimum absolute atomic E-state index is 0.0178. The quantitative estimate of drug-likeness (QED) is 0.681. The van der Waals surface area contributed by atoms with E-state index in [-0.39, 0.29) is 18.0 Å². The Morgan fingerprint density at radius 2 is 1.77 bits per heavy atom. The summed E-state index contributed by atoms with van der Waals surface area (Å²) >= 11 is 3.49. The number of halogens is 1. The van der Waals surface area contributed by atoms with Gasteiger partial charge in [0.05, 0.1) is 24.7 Å². The van der Waals surface area contributed by atoms with Crippen molar-refractivity contribution in [2.75, 3.05) is 14.2 Å². The van der Waals surface area contributed by atoms with Crippen LogP contribution in [0.4, 0.5) is 0 Å². The standard InChI is InChI=1S/C20H25BrN2O3/c1-13(15-9-10-19(26-4)17(21)11-15)23-14(2)20(24)22-12-16-7-5-6-8-18(16)25-3/h5-11,13-14,23H,12H2,1-4H3,(H,22,24). The maximum atomic E-state index is 12.4. The summed E-state index contributed by atoms with van der Waals surface area (Å²) in [7, 11) is 3.26. The van der Waals surface area contributed by atoms with Crippen LogP contribution in [-0.2, 0) is 11.3 Å². The van der Waals surface area contributed by atoms with Crippen LogP contribution in [0.5, 0.6) is 11.5 Å². The Hall–Kier alpha value is -2.05. The number of methoxy groups -OCH3 is 2. The Morgan fingerprint density at radius 1 is 1.08 bits per heavy atom. The molecule has 0 saturated carbocycles. The van der Waals surface area contributed by atoms with E-state index in [1.807, 2.05) is 56.3 Å². The average molecular weight is 421 g/mol. The maximum absolute atomic E-state index is 12.4. The molecular formula is C20H25BrN2O3. The van der Waals surface area contributed by atoms with Crippen LogP contribution >= 0.6 is 15.9 Å². The molecule has 0 radical (unpaired) electrons. The molecule has 0 bridgehead atoms. The van der Waals surface area contributed by atoms with Crippen LogP contribution in [0.25, 0.3) is 0 Å². The fourth-order valence-corrected chi connectivity index (χ4v) is 3.24. The number of hydrogen-bond acceptors (Lipinski definition) is 4. The summed E-state index contributed by atoms with van der Waals surface area (Å²) in [6.45, 7) is 4.31. The lowest BCUT2D eigenvalue weighted by atomic mass is 10.1. The van der Waals surface area contributed by atoms with Crippen molar-refractivity contribution >= 4 is 21.8 Å². The minimum atomic E-state index is -0.333. The van der Waals surface area contributed by atoms with Gasteiger partial charge in [0.25, 0.3) is 0 Å². The van der Waals surface area contributed by atoms with Crippen LogP contribution in [-0.4, -0.2) is 26.2 Å². The van der Waals surface area contributed by atoms with Crippen molar-refractivity contribution in [3.05, 3.63) is 58.1 Å². The smallest absolute Gasteiger partial charge is 0.237 e. The van der Waals surface area contributed by atoms with E-state index in [4.69, 9.17) is 9.47 Å². The van der Waals surface area contributed by atoms with Gasteiger partial charge >= 0.3 is 0 Å². The summed E-state index contributed by atoms with van der Waals surface area (Å²) in [6, 6.07) is 13.2. The van der Waals surface area contributed by atoms with E-state index in [1.165, 1.54) is 0 Å². The molecule has 0 aliphatic rings. The van der Waals surface area contributed by atoms with Gasteiger partial charge in [0, 0.05) is 18.2 Å². The van der Waals surface area contributed by atoms with Crippen molar-refractivity contribution in [1.82, 2.24) is 10.6 Å². The predicted molar refractivity (Wildman–Crippen MR) is 107 cm³/mol. The first-order valence-electron chi connectivity index (χ1n) is 8.45. The zero-order chi connectivity index (χ0) is 19.1. The number of rotatable bonds is 8. The van der Waals surface area contributed by atoms with Gasteiger partial charge in [-0.05, 0) is 53.5 Å². The number of hydrogen-bond donors (Lipinski definition) is 2. The van der Waals surface area contributed by atoms with Crippen molar-refractivity contribution < 1.29 is 14.3 Å². The summed E-state index contributed by atoms with van der Waals surface area (Å²) in [5.74, 6) is 1.49. The number of ether oxygens (including phenoxy) is 2. The van der Waals surface area contributed by atoms with E-state index < -0.39 is 0 Å². The second-order valence-electron chi connectivity index (χ2n) is 6.03. The van der Waals surface area contributed by atoms with Gasteiger partial charge in [-0.25, -0.2) is 0 Å². The second kappa shape index (κ2) is 9.59. The SMILES string of the molecule is COc1ccc(C(C)NC(C)C(=O)NCc2ccccc2OC)cc1Br. The summed E-state index contributed by atoms with van der Waals surface area (Å²) in [6.07, 6.45) is 0. The lowest BCUT2D eigenvalue weighted by molar-refractivity contribution is -0.123. The Bertz CT molecular complexity index is 752. The van der Waals surface area contributed by atoms with Gasteiger partial charge < -0.3 is 14.8 Å². The summed E-state index contributed by atoms with van der Waals surface area (Å²) in [5.41, 5.74) is 2.02. The first kappa shape index (κ1) is 20.3. The first-order chi connectivity index (χ1) is 12.5. The number of carbonyl (C=O) groups excluding carboxylic acids is 1. The summed E-state index contributed by atoms with van der Waals surface area (Å²) in [4.78, 5) is 12.4. The van der Waals surface area contributed by atoms with E-state index in [0.717, 1.165) is 27.1 Å². The lowest BCUT2D eigenvalue weighted by Crippen LogP contribution is -2.42. The zero-order valence-corrected chi connectivity index (χ0v) is 17.1. The molecule has 2 N–H and O–H groups in total. The van der Waals surface area contributed by atoms with Crippen LogP contribution < -0.4 is 20.1 Å². The van der Waals surface area contributed by atoms with Gasteiger partial charge in [0.15, 0.2) is 0 Å². The lowest BCUT2D eigenvalue weighted by Gasteiger charge is -2.21. The maximum Gasteiger partial charge on any atom is 0.237 e. The van der Waals surface area contributed by atoms with Crippen LogP contribution in [0.2, 0.25) is 0 Å². The molecule has 2 aromatic rings. The highest BCUT2D eigenvalue weighted by molar-refractivity contribution is 9.10. The van der Waals surface area contributed by atoms with Crippen molar-refractivity contribution in [2.24, 2.45) is 0 Å². The molecule has 0 aliphatic heterocycles. The third-order valence-corrected chi connectivity index (χ3v) is 4.83.